The van der Waals surface area contributed by atoms with Crippen LogP contribution in [0.25, 0.3) is 0 Å². The van der Waals surface area contributed by atoms with Crippen LogP contribution in [0.1, 0.15) is 24.0 Å². The van der Waals surface area contributed by atoms with Crippen LogP contribution < -0.4 is 15.5 Å². The summed E-state index contributed by atoms with van der Waals surface area (Å²) in [4.78, 5) is 17.9. The van der Waals surface area contributed by atoms with E-state index in [0.717, 1.165) is 48.2 Å². The van der Waals surface area contributed by atoms with Gasteiger partial charge in [-0.3, -0.25) is 9.79 Å². The number of nitrogens with zero attached hydrogens (tertiary/aromatic N) is 2. The summed E-state index contributed by atoms with van der Waals surface area (Å²) in [5.41, 5.74) is 3.35. The fourth-order valence-electron chi connectivity index (χ4n) is 3.10. The predicted octanol–water partition coefficient (Wildman–Crippen LogP) is 3.37. The monoisotopic (exact) mass is 384 g/mol. The molecular formula is C21H25ClN4O. The van der Waals surface area contributed by atoms with Crippen LogP contribution >= 0.6 is 11.6 Å². The molecule has 0 aliphatic carbocycles. The average Bonchev–Trinajstić information content (AvgIpc) is 3.12. The summed E-state index contributed by atoms with van der Waals surface area (Å²) in [6.07, 6.45) is 2.50. The molecule has 0 aromatic heterocycles. The summed E-state index contributed by atoms with van der Waals surface area (Å²) < 4.78 is 0. The van der Waals surface area contributed by atoms with E-state index < -0.39 is 0 Å². The van der Waals surface area contributed by atoms with Crippen LogP contribution in [0.3, 0.4) is 0 Å². The minimum absolute atomic E-state index is 0.214. The van der Waals surface area contributed by atoms with Crippen molar-refractivity contribution in [3.63, 3.8) is 0 Å². The van der Waals surface area contributed by atoms with Crippen molar-refractivity contribution >= 4 is 29.2 Å². The molecule has 3 rings (SSSR count). The molecule has 5 nitrogen and oxygen atoms in total. The minimum atomic E-state index is 0.214. The Balaban J connectivity index is 1.44. The van der Waals surface area contributed by atoms with Crippen molar-refractivity contribution in [2.75, 3.05) is 25.0 Å². The molecule has 2 aromatic rings. The Morgan fingerprint density at radius 3 is 2.41 bits per heavy atom. The summed E-state index contributed by atoms with van der Waals surface area (Å²) >= 11 is 5.91. The van der Waals surface area contributed by atoms with E-state index in [4.69, 9.17) is 11.6 Å². The highest BCUT2D eigenvalue weighted by Crippen LogP contribution is 2.21. The van der Waals surface area contributed by atoms with E-state index in [2.05, 4.69) is 27.8 Å². The Kier molecular flexibility index (Phi) is 6.71. The molecule has 2 aromatic carbocycles. The van der Waals surface area contributed by atoms with Gasteiger partial charge in [0, 0.05) is 43.8 Å². The smallest absolute Gasteiger partial charge is 0.227 e. The number of hydrogen-bond acceptors (Lipinski definition) is 2. The molecule has 142 valence electrons. The van der Waals surface area contributed by atoms with Crippen molar-refractivity contribution in [2.24, 2.45) is 4.99 Å². The fourth-order valence-corrected chi connectivity index (χ4v) is 3.22. The van der Waals surface area contributed by atoms with Crippen LogP contribution in [-0.2, 0) is 17.8 Å². The number of hydrogen-bond donors (Lipinski definition) is 2. The van der Waals surface area contributed by atoms with Gasteiger partial charge in [-0.05, 0) is 48.2 Å². The van der Waals surface area contributed by atoms with Crippen LogP contribution in [0.4, 0.5) is 5.69 Å². The van der Waals surface area contributed by atoms with Gasteiger partial charge in [-0.15, -0.1) is 0 Å². The maximum absolute atomic E-state index is 11.8. The predicted molar refractivity (Wildman–Crippen MR) is 111 cm³/mol. The highest BCUT2D eigenvalue weighted by Gasteiger charge is 2.21. The van der Waals surface area contributed by atoms with Crippen LogP contribution in [0, 0.1) is 0 Å². The topological polar surface area (TPSA) is 56.7 Å². The second-order valence-corrected chi connectivity index (χ2v) is 6.98. The molecule has 6 heteroatoms. The lowest BCUT2D eigenvalue weighted by Crippen LogP contribution is -2.37. The summed E-state index contributed by atoms with van der Waals surface area (Å²) in [6, 6.07) is 16.0. The van der Waals surface area contributed by atoms with Gasteiger partial charge in [-0.25, -0.2) is 0 Å². The van der Waals surface area contributed by atoms with Gasteiger partial charge < -0.3 is 15.5 Å². The molecule has 2 N–H and O–H groups in total. The van der Waals surface area contributed by atoms with E-state index in [1.165, 1.54) is 5.56 Å². The molecule has 0 bridgehead atoms. The molecule has 1 heterocycles. The second kappa shape index (κ2) is 9.42. The number of carbonyl (C=O) groups is 1. The first-order valence-corrected chi connectivity index (χ1v) is 9.62. The number of anilines is 1. The van der Waals surface area contributed by atoms with E-state index >= 15 is 0 Å². The maximum Gasteiger partial charge on any atom is 0.227 e. The fraction of sp³-hybridized carbons (Fsp3) is 0.333. The first kappa shape index (κ1) is 19.2. The van der Waals surface area contributed by atoms with Gasteiger partial charge in [0.1, 0.15) is 0 Å². The van der Waals surface area contributed by atoms with E-state index in [1.54, 1.807) is 7.05 Å². The van der Waals surface area contributed by atoms with Crippen LogP contribution in [0.2, 0.25) is 5.02 Å². The first-order valence-electron chi connectivity index (χ1n) is 9.24. The lowest BCUT2D eigenvalue weighted by Gasteiger charge is -2.16. The van der Waals surface area contributed by atoms with Gasteiger partial charge in [0.25, 0.3) is 0 Å². The molecule has 1 saturated heterocycles. The van der Waals surface area contributed by atoms with Gasteiger partial charge >= 0.3 is 0 Å². The van der Waals surface area contributed by atoms with E-state index in [0.29, 0.717) is 13.0 Å². The van der Waals surface area contributed by atoms with Crippen molar-refractivity contribution in [3.05, 3.63) is 64.7 Å². The quantitative estimate of drug-likeness (QED) is 0.593. The van der Waals surface area contributed by atoms with E-state index in [1.807, 2.05) is 41.3 Å². The van der Waals surface area contributed by atoms with Gasteiger partial charge in [0.05, 0.1) is 0 Å². The van der Waals surface area contributed by atoms with Crippen molar-refractivity contribution in [3.8, 4) is 0 Å². The zero-order chi connectivity index (χ0) is 19.1. The van der Waals surface area contributed by atoms with E-state index in [9.17, 15) is 4.79 Å². The number of guanidine groups is 1. The third-order valence-electron chi connectivity index (χ3n) is 4.62. The number of aliphatic imine (C=N–C) groups is 1. The number of carbonyl (C=O) groups excluding carboxylic acids is 1. The van der Waals surface area contributed by atoms with Gasteiger partial charge in [0.2, 0.25) is 5.91 Å². The Bertz CT molecular complexity index is 787. The van der Waals surface area contributed by atoms with Crippen LogP contribution in [-0.4, -0.2) is 32.0 Å². The molecule has 0 unspecified atom stereocenters. The Morgan fingerprint density at radius 2 is 1.78 bits per heavy atom. The molecular weight excluding hydrogens is 360 g/mol. The highest BCUT2D eigenvalue weighted by atomic mass is 35.5. The molecule has 1 aliphatic heterocycles. The van der Waals surface area contributed by atoms with Crippen molar-refractivity contribution in [2.45, 2.75) is 25.8 Å². The van der Waals surface area contributed by atoms with Gasteiger partial charge in [0.15, 0.2) is 5.96 Å². The standard InChI is InChI=1S/C21H25ClN4O/c1-23-21(24-13-12-16-4-8-18(22)9-5-16)25-15-17-6-10-19(11-7-17)26-14-2-3-20(26)27/h4-11H,2-3,12-15H2,1H3,(H2,23,24,25). The highest BCUT2D eigenvalue weighted by molar-refractivity contribution is 6.30. The molecule has 0 spiro atoms. The maximum atomic E-state index is 11.8. The zero-order valence-corrected chi connectivity index (χ0v) is 16.3. The third-order valence-corrected chi connectivity index (χ3v) is 4.88. The number of halogens is 1. The number of benzene rings is 2. The Labute approximate surface area is 165 Å². The number of nitrogens with one attached hydrogen (secondary N) is 2. The molecule has 0 radical (unpaired) electrons. The van der Waals surface area contributed by atoms with Crippen LogP contribution in [0.5, 0.6) is 0 Å². The molecule has 1 aliphatic rings. The molecule has 0 atom stereocenters. The van der Waals surface area contributed by atoms with Crippen molar-refractivity contribution < 1.29 is 4.79 Å². The molecule has 1 amide bonds. The number of amides is 1. The third kappa shape index (κ3) is 5.47. The van der Waals surface area contributed by atoms with Gasteiger partial charge in [-0.1, -0.05) is 35.9 Å². The van der Waals surface area contributed by atoms with Crippen molar-refractivity contribution in [1.29, 1.82) is 0 Å². The SMILES string of the molecule is CN=C(NCCc1ccc(Cl)cc1)NCc1ccc(N2CCCC2=O)cc1. The number of rotatable bonds is 6. The van der Waals surface area contributed by atoms with Crippen molar-refractivity contribution in [1.82, 2.24) is 10.6 Å². The largest absolute Gasteiger partial charge is 0.356 e. The molecule has 27 heavy (non-hydrogen) atoms. The average molecular weight is 385 g/mol. The summed E-state index contributed by atoms with van der Waals surface area (Å²) in [5, 5.41) is 7.39. The second-order valence-electron chi connectivity index (χ2n) is 6.54. The Morgan fingerprint density at radius 1 is 1.07 bits per heavy atom. The summed E-state index contributed by atoms with van der Waals surface area (Å²) in [5.74, 6) is 0.980. The van der Waals surface area contributed by atoms with E-state index in [-0.39, 0.29) is 5.91 Å². The lowest BCUT2D eigenvalue weighted by atomic mass is 10.1. The lowest BCUT2D eigenvalue weighted by molar-refractivity contribution is -0.117. The zero-order valence-electron chi connectivity index (χ0n) is 15.5. The van der Waals surface area contributed by atoms with Gasteiger partial charge in [-0.2, -0.15) is 0 Å². The Hall–Kier alpha value is -2.53. The summed E-state index contributed by atoms with van der Waals surface area (Å²) in [7, 11) is 1.76. The first-order chi connectivity index (χ1) is 13.2. The normalized spacial score (nSPS) is 14.5. The van der Waals surface area contributed by atoms with Crippen LogP contribution in [0.15, 0.2) is 53.5 Å². The summed E-state index contributed by atoms with van der Waals surface area (Å²) in [6.45, 7) is 2.28. The molecule has 0 saturated carbocycles. The molecule has 1 fully saturated rings. The minimum Gasteiger partial charge on any atom is -0.356 e.